The lowest BCUT2D eigenvalue weighted by molar-refractivity contribution is 0.00834. The molecule has 26 heavy (non-hydrogen) atoms. The molecule has 1 aliphatic heterocycles. The number of amides is 2. The summed E-state index contributed by atoms with van der Waals surface area (Å²) >= 11 is 0. The molecule has 0 radical (unpaired) electrons. The zero-order valence-electron chi connectivity index (χ0n) is 15.2. The molecule has 0 aromatic heterocycles. The molecule has 6 nitrogen and oxygen atoms in total. The van der Waals surface area contributed by atoms with Crippen LogP contribution in [-0.4, -0.2) is 47.7 Å². The maximum absolute atomic E-state index is 13.7. The van der Waals surface area contributed by atoms with E-state index in [-0.39, 0.29) is 24.2 Å². The van der Waals surface area contributed by atoms with Crippen molar-refractivity contribution in [1.82, 2.24) is 10.2 Å². The number of ether oxygens (including phenoxy) is 1. The molecular weight excluding hydrogens is 344 g/mol. The second-order valence-electron chi connectivity index (χ2n) is 7.45. The van der Waals surface area contributed by atoms with E-state index in [1.807, 2.05) is 0 Å². The summed E-state index contributed by atoms with van der Waals surface area (Å²) < 4.78 is 32.1. The van der Waals surface area contributed by atoms with Crippen molar-refractivity contribution in [1.29, 1.82) is 0 Å². The molecule has 1 saturated heterocycles. The molecule has 2 atom stereocenters. The minimum absolute atomic E-state index is 0.0989. The molecule has 3 N–H and O–H groups in total. The number of hydrogen-bond acceptors (Lipinski definition) is 4. The van der Waals surface area contributed by atoms with Gasteiger partial charge in [-0.1, -0.05) is 0 Å². The average Bonchev–Trinajstić information content (AvgIpc) is 2.50. The van der Waals surface area contributed by atoms with E-state index >= 15 is 0 Å². The molecule has 0 aliphatic carbocycles. The summed E-state index contributed by atoms with van der Waals surface area (Å²) in [5.74, 6) is -2.37. The second-order valence-corrected chi connectivity index (χ2v) is 7.45. The standard InChI is InChI=1S/C18H25F2N3O3/c1-18(2,3)26-17(25)23-7-6-12(21)9-13(23)10-22-16(24)14-5-4-11(19)8-15(14)20/h4-5,8,12-13H,6-7,9-10,21H2,1-3H3,(H,22,24). The van der Waals surface area contributed by atoms with E-state index < -0.39 is 29.2 Å². The van der Waals surface area contributed by atoms with Crippen molar-refractivity contribution >= 4 is 12.0 Å². The summed E-state index contributed by atoms with van der Waals surface area (Å²) in [6.45, 7) is 5.84. The Morgan fingerprint density at radius 1 is 1.35 bits per heavy atom. The van der Waals surface area contributed by atoms with Crippen molar-refractivity contribution in [3.63, 3.8) is 0 Å². The molecule has 144 valence electrons. The molecule has 0 saturated carbocycles. The smallest absolute Gasteiger partial charge is 0.410 e. The summed E-state index contributed by atoms with van der Waals surface area (Å²) in [5.41, 5.74) is 5.09. The van der Waals surface area contributed by atoms with Crippen molar-refractivity contribution in [3.05, 3.63) is 35.4 Å². The molecule has 2 unspecified atom stereocenters. The van der Waals surface area contributed by atoms with Crippen LogP contribution >= 0.6 is 0 Å². The van der Waals surface area contributed by atoms with E-state index in [4.69, 9.17) is 10.5 Å². The zero-order chi connectivity index (χ0) is 19.5. The number of nitrogens with two attached hydrogens (primary N) is 1. The highest BCUT2D eigenvalue weighted by molar-refractivity contribution is 5.94. The zero-order valence-corrected chi connectivity index (χ0v) is 15.2. The van der Waals surface area contributed by atoms with Crippen LogP contribution in [0, 0.1) is 11.6 Å². The number of carbonyl (C=O) groups is 2. The predicted molar refractivity (Wildman–Crippen MR) is 92.6 cm³/mol. The number of rotatable bonds is 3. The Morgan fingerprint density at radius 2 is 2.04 bits per heavy atom. The number of hydrogen-bond donors (Lipinski definition) is 2. The van der Waals surface area contributed by atoms with Crippen LogP contribution in [0.4, 0.5) is 13.6 Å². The SMILES string of the molecule is CC(C)(C)OC(=O)N1CCC(N)CC1CNC(=O)c1ccc(F)cc1F. The number of halogens is 2. The van der Waals surface area contributed by atoms with E-state index in [9.17, 15) is 18.4 Å². The fourth-order valence-electron chi connectivity index (χ4n) is 2.82. The number of carbonyl (C=O) groups excluding carboxylic acids is 2. The molecule has 2 amide bonds. The lowest BCUT2D eigenvalue weighted by Gasteiger charge is -2.39. The van der Waals surface area contributed by atoms with Crippen LogP contribution in [-0.2, 0) is 4.74 Å². The molecule has 1 aliphatic rings. The molecule has 0 spiro atoms. The van der Waals surface area contributed by atoms with Crippen molar-refractivity contribution in [2.45, 2.75) is 51.3 Å². The van der Waals surface area contributed by atoms with Crippen molar-refractivity contribution < 1.29 is 23.1 Å². The Morgan fingerprint density at radius 3 is 2.65 bits per heavy atom. The first-order valence-electron chi connectivity index (χ1n) is 8.55. The van der Waals surface area contributed by atoms with Crippen LogP contribution in [0.2, 0.25) is 0 Å². The quantitative estimate of drug-likeness (QED) is 0.857. The van der Waals surface area contributed by atoms with Gasteiger partial charge in [0.25, 0.3) is 5.91 Å². The Balaban J connectivity index is 2.03. The maximum Gasteiger partial charge on any atom is 0.410 e. The fourth-order valence-corrected chi connectivity index (χ4v) is 2.82. The molecule has 2 rings (SSSR count). The molecule has 8 heteroatoms. The molecule has 1 fully saturated rings. The fraction of sp³-hybridized carbons (Fsp3) is 0.556. The molecule has 1 aromatic carbocycles. The van der Waals surface area contributed by atoms with Gasteiger partial charge in [-0.15, -0.1) is 0 Å². The van der Waals surface area contributed by atoms with E-state index in [2.05, 4.69) is 5.32 Å². The van der Waals surface area contributed by atoms with Gasteiger partial charge < -0.3 is 20.7 Å². The third-order valence-corrected chi connectivity index (χ3v) is 4.06. The van der Waals surface area contributed by atoms with Gasteiger partial charge in [-0.2, -0.15) is 0 Å². The van der Waals surface area contributed by atoms with Crippen LogP contribution < -0.4 is 11.1 Å². The van der Waals surface area contributed by atoms with Gasteiger partial charge in [-0.3, -0.25) is 4.79 Å². The van der Waals surface area contributed by atoms with Gasteiger partial charge in [-0.25, -0.2) is 13.6 Å². The van der Waals surface area contributed by atoms with Crippen LogP contribution in [0.15, 0.2) is 18.2 Å². The van der Waals surface area contributed by atoms with Crippen molar-refractivity contribution in [3.8, 4) is 0 Å². The first-order valence-corrected chi connectivity index (χ1v) is 8.55. The van der Waals surface area contributed by atoms with Crippen molar-refractivity contribution in [2.24, 2.45) is 5.73 Å². The number of likely N-dealkylation sites (tertiary alicyclic amines) is 1. The number of nitrogens with zero attached hydrogens (tertiary/aromatic N) is 1. The van der Waals surface area contributed by atoms with Gasteiger partial charge in [0.1, 0.15) is 17.2 Å². The van der Waals surface area contributed by atoms with E-state index in [1.54, 1.807) is 20.8 Å². The lowest BCUT2D eigenvalue weighted by atomic mass is 9.98. The first kappa shape index (κ1) is 20.1. The Kier molecular flexibility index (Phi) is 6.17. The van der Waals surface area contributed by atoms with Gasteiger partial charge in [0.15, 0.2) is 0 Å². The first-order chi connectivity index (χ1) is 12.1. The van der Waals surface area contributed by atoms with Gasteiger partial charge in [0, 0.05) is 25.2 Å². The van der Waals surface area contributed by atoms with Gasteiger partial charge in [0.2, 0.25) is 0 Å². The number of nitrogens with one attached hydrogen (secondary N) is 1. The minimum atomic E-state index is -0.938. The summed E-state index contributed by atoms with van der Waals surface area (Å²) in [6.07, 6.45) is 0.651. The van der Waals surface area contributed by atoms with Gasteiger partial charge >= 0.3 is 6.09 Å². The predicted octanol–water partition coefficient (Wildman–Crippen LogP) is 2.42. The summed E-state index contributed by atoms with van der Waals surface area (Å²) in [5, 5.41) is 2.59. The lowest BCUT2D eigenvalue weighted by Crippen LogP contribution is -2.54. The summed E-state index contributed by atoms with van der Waals surface area (Å²) in [4.78, 5) is 26.1. The topological polar surface area (TPSA) is 84.7 Å². The average molecular weight is 369 g/mol. The highest BCUT2D eigenvalue weighted by atomic mass is 19.1. The van der Waals surface area contributed by atoms with Gasteiger partial charge in [-0.05, 0) is 45.7 Å². The minimum Gasteiger partial charge on any atom is -0.444 e. The molecular formula is C18H25F2N3O3. The van der Waals surface area contributed by atoms with E-state index in [0.29, 0.717) is 25.5 Å². The maximum atomic E-state index is 13.7. The van der Waals surface area contributed by atoms with E-state index in [1.165, 1.54) is 4.90 Å². The van der Waals surface area contributed by atoms with Crippen LogP contribution in [0.1, 0.15) is 44.0 Å². The van der Waals surface area contributed by atoms with Crippen molar-refractivity contribution in [2.75, 3.05) is 13.1 Å². The largest absolute Gasteiger partial charge is 0.444 e. The van der Waals surface area contributed by atoms with E-state index in [0.717, 1.165) is 12.1 Å². The van der Waals surface area contributed by atoms with Crippen LogP contribution in [0.5, 0.6) is 0 Å². The molecule has 1 aromatic rings. The third kappa shape index (κ3) is 5.39. The normalized spacial score (nSPS) is 20.6. The Bertz CT molecular complexity index is 676. The monoisotopic (exact) mass is 369 g/mol. The Hall–Kier alpha value is -2.22. The Labute approximate surface area is 151 Å². The molecule has 0 bridgehead atoms. The highest BCUT2D eigenvalue weighted by Crippen LogP contribution is 2.20. The van der Waals surface area contributed by atoms with Crippen LogP contribution in [0.3, 0.4) is 0 Å². The summed E-state index contributed by atoms with van der Waals surface area (Å²) in [7, 11) is 0. The second kappa shape index (κ2) is 7.99. The molecule has 1 heterocycles. The van der Waals surface area contributed by atoms with Gasteiger partial charge in [0.05, 0.1) is 11.6 Å². The number of piperidine rings is 1. The highest BCUT2D eigenvalue weighted by Gasteiger charge is 2.33. The van der Waals surface area contributed by atoms with Crippen LogP contribution in [0.25, 0.3) is 0 Å². The number of benzene rings is 1. The summed E-state index contributed by atoms with van der Waals surface area (Å²) in [6, 6.07) is 2.29. The third-order valence-electron chi connectivity index (χ3n) is 4.06.